The lowest BCUT2D eigenvalue weighted by Gasteiger charge is -2.60. The fourth-order valence-electron chi connectivity index (χ4n) is 7.95. The maximum atomic E-state index is 13.3. The van der Waals surface area contributed by atoms with E-state index in [2.05, 4.69) is 15.5 Å². The number of benzene rings is 2. The molecule has 47 heavy (non-hydrogen) atoms. The Labute approximate surface area is 273 Å². The summed E-state index contributed by atoms with van der Waals surface area (Å²) < 4.78 is 23.4. The number of nitrogens with one attached hydrogen (secondary N) is 2. The van der Waals surface area contributed by atoms with E-state index >= 15 is 0 Å². The van der Waals surface area contributed by atoms with Crippen LogP contribution in [-0.4, -0.2) is 89.6 Å². The minimum Gasteiger partial charge on any atom is -0.504 e. The van der Waals surface area contributed by atoms with E-state index < -0.39 is 48.2 Å². The van der Waals surface area contributed by atoms with Crippen LogP contribution >= 0.6 is 0 Å². The summed E-state index contributed by atoms with van der Waals surface area (Å²) in [6.07, 6.45) is 2.73. The normalized spacial score (nSPS) is 25.0. The van der Waals surface area contributed by atoms with Gasteiger partial charge in [0.05, 0.1) is 25.2 Å². The van der Waals surface area contributed by atoms with E-state index in [9.17, 15) is 24.6 Å². The van der Waals surface area contributed by atoms with E-state index in [4.69, 9.17) is 18.9 Å². The van der Waals surface area contributed by atoms with Crippen LogP contribution in [0.1, 0.15) is 66.2 Å². The highest BCUT2D eigenvalue weighted by Crippen LogP contribution is 2.58. The van der Waals surface area contributed by atoms with Gasteiger partial charge in [-0.15, -0.1) is 0 Å². The van der Waals surface area contributed by atoms with E-state index in [0.717, 1.165) is 11.1 Å². The molecule has 252 valence electrons. The molecule has 2 bridgehead atoms. The summed E-state index contributed by atoms with van der Waals surface area (Å²) in [5.74, 6) is 0.384. The zero-order chi connectivity index (χ0) is 33.9. The van der Waals surface area contributed by atoms with Crippen LogP contribution in [0.5, 0.6) is 28.7 Å². The number of amides is 2. The first-order valence-corrected chi connectivity index (χ1v) is 15.8. The predicted molar refractivity (Wildman–Crippen MR) is 170 cm³/mol. The molecule has 2 unspecified atom stereocenters. The number of allylic oxidation sites excluding steroid dienone is 1. The molecule has 2 amide bonds. The molecule has 4 aliphatic heterocycles. The van der Waals surface area contributed by atoms with Gasteiger partial charge in [0.1, 0.15) is 18.0 Å². The minimum absolute atomic E-state index is 0.0286. The van der Waals surface area contributed by atoms with E-state index in [1.807, 2.05) is 24.9 Å². The SMILES string of the molecule is C/C=C/C(=O)N[C@@H](C)C(=O)NC[C@H]1c2c(c(OC(C)=O)c(C)c3c2OCO3)C[C@H]2C3c4c(cc(C)c(OC)c4O)CC([C@H](O)N12)N3C. The van der Waals surface area contributed by atoms with E-state index in [-0.39, 0.29) is 25.1 Å². The smallest absolute Gasteiger partial charge is 0.308 e. The topological polar surface area (TPSA) is 159 Å². The Morgan fingerprint density at radius 2 is 1.85 bits per heavy atom. The Kier molecular flexibility index (Phi) is 8.58. The number of aliphatic hydroxyl groups is 1. The van der Waals surface area contributed by atoms with E-state index in [1.165, 1.54) is 20.1 Å². The van der Waals surface area contributed by atoms with Crippen LogP contribution < -0.4 is 29.6 Å². The summed E-state index contributed by atoms with van der Waals surface area (Å²) in [4.78, 5) is 42.0. The van der Waals surface area contributed by atoms with E-state index in [1.54, 1.807) is 26.8 Å². The monoisotopic (exact) mass is 650 g/mol. The number of fused-ring (bicyclic) bond motifs is 9. The molecule has 6 rings (SSSR count). The molecule has 13 heteroatoms. The molecule has 0 aromatic heterocycles. The molecule has 13 nitrogen and oxygen atoms in total. The maximum Gasteiger partial charge on any atom is 0.308 e. The number of carbonyl (C=O) groups excluding carboxylic acids is 3. The largest absolute Gasteiger partial charge is 0.504 e. The van der Waals surface area contributed by atoms with Crippen LogP contribution in [0.25, 0.3) is 0 Å². The molecular weight excluding hydrogens is 608 g/mol. The number of ether oxygens (including phenoxy) is 4. The molecule has 0 saturated carbocycles. The summed E-state index contributed by atoms with van der Waals surface area (Å²) in [7, 11) is 3.46. The van der Waals surface area contributed by atoms with Gasteiger partial charge in [-0.25, -0.2) is 0 Å². The van der Waals surface area contributed by atoms with Crippen molar-refractivity contribution in [1.82, 2.24) is 20.4 Å². The van der Waals surface area contributed by atoms with Gasteiger partial charge in [-0.05, 0) is 64.8 Å². The van der Waals surface area contributed by atoms with Crippen LogP contribution in [0, 0.1) is 13.8 Å². The molecule has 1 saturated heterocycles. The van der Waals surface area contributed by atoms with Crippen molar-refractivity contribution < 1.29 is 43.5 Å². The number of hydrogen-bond acceptors (Lipinski definition) is 11. The number of methoxy groups -OCH3 is 1. The third-order valence-corrected chi connectivity index (χ3v) is 9.88. The van der Waals surface area contributed by atoms with Gasteiger partial charge in [0, 0.05) is 41.8 Å². The Balaban J connectivity index is 1.50. The Bertz CT molecular complexity index is 1670. The first kappa shape index (κ1) is 32.6. The molecule has 0 radical (unpaired) electrons. The lowest BCUT2D eigenvalue weighted by molar-refractivity contribution is -0.172. The third-order valence-electron chi connectivity index (χ3n) is 9.88. The highest BCUT2D eigenvalue weighted by atomic mass is 16.7. The lowest BCUT2D eigenvalue weighted by atomic mass is 9.73. The second-order valence-corrected chi connectivity index (χ2v) is 12.7. The van der Waals surface area contributed by atoms with Gasteiger partial charge in [-0.2, -0.15) is 0 Å². The van der Waals surface area contributed by atoms with Crippen molar-refractivity contribution in [3.05, 3.63) is 51.6 Å². The van der Waals surface area contributed by atoms with Crippen LogP contribution in [0.3, 0.4) is 0 Å². The van der Waals surface area contributed by atoms with Crippen molar-refractivity contribution in [2.24, 2.45) is 0 Å². The van der Waals surface area contributed by atoms with Crippen molar-refractivity contribution in [2.75, 3.05) is 27.5 Å². The number of phenols is 1. The molecule has 0 aliphatic carbocycles. The zero-order valence-electron chi connectivity index (χ0n) is 27.7. The Morgan fingerprint density at radius 1 is 1.13 bits per heavy atom. The van der Waals surface area contributed by atoms with Crippen molar-refractivity contribution in [1.29, 1.82) is 0 Å². The zero-order valence-corrected chi connectivity index (χ0v) is 27.7. The average Bonchev–Trinajstić information content (AvgIpc) is 3.50. The molecule has 1 fully saturated rings. The van der Waals surface area contributed by atoms with Crippen molar-refractivity contribution in [3.8, 4) is 28.7 Å². The predicted octanol–water partition coefficient (Wildman–Crippen LogP) is 2.07. The lowest BCUT2D eigenvalue weighted by Crippen LogP contribution is -2.69. The van der Waals surface area contributed by atoms with E-state index in [0.29, 0.717) is 58.1 Å². The number of likely N-dealkylation sites (N-methyl/N-ethyl adjacent to an activating group) is 1. The molecule has 6 atom stereocenters. The maximum absolute atomic E-state index is 13.3. The number of piperazine rings is 1. The van der Waals surface area contributed by atoms with Crippen molar-refractivity contribution in [2.45, 2.75) is 83.9 Å². The average molecular weight is 651 g/mol. The number of phenolic OH excluding ortho intramolecular Hbond substituents is 1. The fourth-order valence-corrected chi connectivity index (χ4v) is 7.95. The summed E-state index contributed by atoms with van der Waals surface area (Å²) in [6.45, 7) is 8.31. The summed E-state index contributed by atoms with van der Waals surface area (Å²) in [5.41, 5.74) is 4.39. The van der Waals surface area contributed by atoms with Gasteiger partial charge < -0.3 is 39.8 Å². The van der Waals surface area contributed by atoms with Gasteiger partial charge in [0.15, 0.2) is 23.0 Å². The standard InChI is InChI=1S/C34H42N4O9/c1-8-9-24(40)36-17(4)33(42)35-13-23-26-20(30(47-18(5)39)16(3)31-32(26)46-14-45-31)12-21-27-25-19(10-15(2)29(44-7)28(25)41)11-22(37(27)6)34(43)38(21)23/h8-10,17,21-23,27,34,41,43H,11-14H2,1-7H3,(H,35,42)(H,36,40)/b9-8+/t17-,21-,22?,23-,27?,34-/m0/s1. The molecule has 4 N–H and O–H groups in total. The molecule has 4 aliphatic rings. The molecule has 0 spiro atoms. The molecule has 4 heterocycles. The summed E-state index contributed by atoms with van der Waals surface area (Å²) >= 11 is 0. The van der Waals surface area contributed by atoms with Gasteiger partial charge >= 0.3 is 5.97 Å². The summed E-state index contributed by atoms with van der Waals surface area (Å²) in [5, 5.41) is 29.4. The van der Waals surface area contributed by atoms with Gasteiger partial charge in [0.2, 0.25) is 18.6 Å². The number of rotatable bonds is 7. The van der Waals surface area contributed by atoms with Crippen LogP contribution in [-0.2, 0) is 27.2 Å². The Hall–Kier alpha value is -4.33. The first-order chi connectivity index (χ1) is 22.4. The second kappa shape index (κ2) is 12.4. The quantitative estimate of drug-likeness (QED) is 0.197. The number of esters is 1. The summed E-state index contributed by atoms with van der Waals surface area (Å²) in [6, 6.07) is -0.691. The van der Waals surface area contributed by atoms with Gasteiger partial charge in [0.25, 0.3) is 0 Å². The number of aromatic hydroxyl groups is 1. The van der Waals surface area contributed by atoms with Crippen molar-refractivity contribution in [3.63, 3.8) is 0 Å². The molecular formula is C34H42N4O9. The van der Waals surface area contributed by atoms with Crippen molar-refractivity contribution >= 4 is 17.8 Å². The molecule has 2 aromatic rings. The van der Waals surface area contributed by atoms with Crippen LogP contribution in [0.15, 0.2) is 18.2 Å². The number of carbonyl (C=O) groups is 3. The number of nitrogens with zero attached hydrogens (tertiary/aromatic N) is 2. The first-order valence-electron chi connectivity index (χ1n) is 15.8. The van der Waals surface area contributed by atoms with Gasteiger partial charge in [-0.3, -0.25) is 24.2 Å². The third kappa shape index (κ3) is 5.26. The fraction of sp³-hybridized carbons (Fsp3) is 0.500. The highest BCUT2D eigenvalue weighted by molar-refractivity contribution is 5.92. The second-order valence-electron chi connectivity index (χ2n) is 12.7. The minimum atomic E-state index is -0.989. The van der Waals surface area contributed by atoms with Gasteiger partial charge in [-0.1, -0.05) is 12.1 Å². The van der Waals surface area contributed by atoms with Crippen LogP contribution in [0.4, 0.5) is 0 Å². The number of hydrogen-bond donors (Lipinski definition) is 4. The van der Waals surface area contributed by atoms with Crippen LogP contribution in [0.2, 0.25) is 0 Å². The Morgan fingerprint density at radius 3 is 2.53 bits per heavy atom. The molecule has 2 aromatic carbocycles. The highest BCUT2D eigenvalue weighted by Gasteiger charge is 2.56. The number of aryl methyl sites for hydroxylation is 1. The number of aliphatic hydroxyl groups excluding tert-OH is 1.